The normalized spacial score (nSPS) is 11.8. The van der Waals surface area contributed by atoms with E-state index in [-0.39, 0.29) is 18.2 Å². The quantitative estimate of drug-likeness (QED) is 0.880. The van der Waals surface area contributed by atoms with Crippen molar-refractivity contribution < 1.29 is 14.3 Å². The minimum atomic E-state index is -0.856. The van der Waals surface area contributed by atoms with Crippen LogP contribution in [-0.2, 0) is 11.2 Å². The van der Waals surface area contributed by atoms with Gasteiger partial charge in [0.2, 0.25) is 5.89 Å². The minimum Gasteiger partial charge on any atom is -0.481 e. The maximum Gasteiger partial charge on any atom is 0.303 e. The Morgan fingerprint density at radius 3 is 2.90 bits per heavy atom. The largest absolute Gasteiger partial charge is 0.481 e. The maximum atomic E-state index is 10.6. The second-order valence-corrected chi connectivity index (χ2v) is 4.45. The second-order valence-electron chi connectivity index (χ2n) is 4.45. The van der Waals surface area contributed by atoms with Gasteiger partial charge in [-0.3, -0.25) is 4.79 Å². The number of hydrogen-bond donors (Lipinski definition) is 1. The molecule has 2 aromatic rings. The Bertz CT molecular complexity index is 642. The van der Waals surface area contributed by atoms with E-state index in [0.717, 1.165) is 0 Å². The van der Waals surface area contributed by atoms with Crippen LogP contribution < -0.4 is 0 Å². The average Bonchev–Trinajstić information content (AvgIpc) is 2.86. The van der Waals surface area contributed by atoms with Gasteiger partial charge in [0.05, 0.1) is 5.56 Å². The highest BCUT2D eigenvalue weighted by molar-refractivity contribution is 5.66. The molecular formula is C13H12N4O3. The molecule has 1 atom stereocenters. The molecule has 0 amide bonds. The van der Waals surface area contributed by atoms with Gasteiger partial charge in [0.25, 0.3) is 5.89 Å². The molecule has 0 fully saturated rings. The van der Waals surface area contributed by atoms with Gasteiger partial charge in [-0.2, -0.15) is 5.26 Å². The summed E-state index contributed by atoms with van der Waals surface area (Å²) in [6, 6.07) is 5.20. The van der Waals surface area contributed by atoms with Crippen LogP contribution in [0.5, 0.6) is 0 Å². The lowest BCUT2D eigenvalue weighted by atomic mass is 10.0. The van der Waals surface area contributed by atoms with Crippen molar-refractivity contribution in [3.05, 3.63) is 29.8 Å². The first-order valence-corrected chi connectivity index (χ1v) is 5.99. The van der Waals surface area contributed by atoms with E-state index in [1.54, 1.807) is 19.1 Å². The fourth-order valence-corrected chi connectivity index (χ4v) is 1.69. The summed E-state index contributed by atoms with van der Waals surface area (Å²) >= 11 is 0. The molecule has 102 valence electrons. The van der Waals surface area contributed by atoms with Crippen LogP contribution in [0, 0.1) is 17.2 Å². The number of hydrogen-bond acceptors (Lipinski definition) is 6. The van der Waals surface area contributed by atoms with Crippen LogP contribution in [-0.4, -0.2) is 26.3 Å². The third kappa shape index (κ3) is 3.38. The number of pyridine rings is 1. The highest BCUT2D eigenvalue weighted by Gasteiger charge is 2.14. The topological polar surface area (TPSA) is 113 Å². The van der Waals surface area contributed by atoms with Crippen LogP contribution in [0.15, 0.2) is 22.7 Å². The number of aliphatic carboxylic acids is 1. The third-order valence-electron chi connectivity index (χ3n) is 2.62. The van der Waals surface area contributed by atoms with Crippen molar-refractivity contribution in [2.75, 3.05) is 0 Å². The number of nitriles is 1. The summed E-state index contributed by atoms with van der Waals surface area (Å²) in [5, 5.41) is 25.1. The van der Waals surface area contributed by atoms with Crippen molar-refractivity contribution >= 4 is 5.97 Å². The van der Waals surface area contributed by atoms with Crippen molar-refractivity contribution in [1.29, 1.82) is 5.26 Å². The van der Waals surface area contributed by atoms with Gasteiger partial charge in [0.15, 0.2) is 0 Å². The summed E-state index contributed by atoms with van der Waals surface area (Å²) in [7, 11) is 0. The number of nitrogens with zero attached hydrogens (tertiary/aromatic N) is 4. The van der Waals surface area contributed by atoms with E-state index in [9.17, 15) is 4.79 Å². The van der Waals surface area contributed by atoms with E-state index in [1.807, 2.05) is 6.07 Å². The van der Waals surface area contributed by atoms with Crippen molar-refractivity contribution in [2.45, 2.75) is 19.8 Å². The molecule has 0 aliphatic rings. The highest BCUT2D eigenvalue weighted by Crippen LogP contribution is 2.18. The number of carboxylic acid groups (broad SMARTS) is 1. The summed E-state index contributed by atoms with van der Waals surface area (Å²) in [6.45, 7) is 1.80. The van der Waals surface area contributed by atoms with Gasteiger partial charge in [-0.15, -0.1) is 10.2 Å². The van der Waals surface area contributed by atoms with Gasteiger partial charge in [0, 0.05) is 19.0 Å². The van der Waals surface area contributed by atoms with Gasteiger partial charge in [-0.25, -0.2) is 4.98 Å². The first kappa shape index (κ1) is 13.7. The Morgan fingerprint density at radius 2 is 2.30 bits per heavy atom. The summed E-state index contributed by atoms with van der Waals surface area (Å²) in [4.78, 5) is 14.6. The van der Waals surface area contributed by atoms with Gasteiger partial charge in [-0.1, -0.05) is 6.92 Å². The van der Waals surface area contributed by atoms with Crippen LogP contribution in [0.2, 0.25) is 0 Å². The smallest absolute Gasteiger partial charge is 0.303 e. The minimum absolute atomic E-state index is 0.0484. The third-order valence-corrected chi connectivity index (χ3v) is 2.62. The molecule has 2 heterocycles. The first-order chi connectivity index (χ1) is 9.58. The fraction of sp³-hybridized carbons (Fsp3) is 0.308. The summed E-state index contributed by atoms with van der Waals surface area (Å²) in [5.74, 6) is -0.312. The Kier molecular flexibility index (Phi) is 4.05. The Balaban J connectivity index is 2.08. The SMILES string of the molecule is CC(CC(=O)O)Cc1nnc(-c2ccc(C#N)cn2)o1. The number of aromatic nitrogens is 3. The molecule has 1 N–H and O–H groups in total. The van der Waals surface area contributed by atoms with E-state index in [1.165, 1.54) is 6.20 Å². The zero-order valence-corrected chi connectivity index (χ0v) is 10.8. The van der Waals surface area contributed by atoms with Crippen molar-refractivity contribution in [2.24, 2.45) is 5.92 Å². The zero-order valence-electron chi connectivity index (χ0n) is 10.8. The van der Waals surface area contributed by atoms with Gasteiger partial charge >= 0.3 is 5.97 Å². The lowest BCUT2D eigenvalue weighted by molar-refractivity contribution is -0.137. The van der Waals surface area contributed by atoms with Gasteiger partial charge < -0.3 is 9.52 Å². The lowest BCUT2D eigenvalue weighted by Crippen LogP contribution is -2.07. The monoisotopic (exact) mass is 272 g/mol. The molecule has 7 heteroatoms. The van der Waals surface area contributed by atoms with Crippen LogP contribution in [0.4, 0.5) is 0 Å². The molecule has 1 unspecified atom stereocenters. The fourth-order valence-electron chi connectivity index (χ4n) is 1.69. The molecule has 20 heavy (non-hydrogen) atoms. The van der Waals surface area contributed by atoms with Crippen LogP contribution in [0.1, 0.15) is 24.8 Å². The van der Waals surface area contributed by atoms with E-state index >= 15 is 0 Å². The zero-order chi connectivity index (χ0) is 14.5. The predicted octanol–water partition coefficient (Wildman–Crippen LogP) is 1.66. The van der Waals surface area contributed by atoms with E-state index < -0.39 is 5.97 Å². The number of carbonyl (C=O) groups is 1. The van der Waals surface area contributed by atoms with Gasteiger partial charge in [-0.05, 0) is 18.1 Å². The summed E-state index contributed by atoms with van der Waals surface area (Å²) < 4.78 is 5.43. The molecule has 7 nitrogen and oxygen atoms in total. The standard InChI is InChI=1S/C13H12N4O3/c1-8(5-12(18)19)4-11-16-17-13(20-11)10-3-2-9(6-14)7-15-10/h2-3,7-8H,4-5H2,1H3,(H,18,19). The Labute approximate surface area is 114 Å². The first-order valence-electron chi connectivity index (χ1n) is 5.99. The van der Waals surface area contributed by atoms with Gasteiger partial charge in [0.1, 0.15) is 11.8 Å². The molecule has 0 aliphatic heterocycles. The maximum absolute atomic E-state index is 10.6. The van der Waals surface area contributed by atoms with Crippen LogP contribution in [0.3, 0.4) is 0 Å². The molecule has 0 aliphatic carbocycles. The van der Waals surface area contributed by atoms with Crippen molar-refractivity contribution in [1.82, 2.24) is 15.2 Å². The predicted molar refractivity (Wildman–Crippen MR) is 67.4 cm³/mol. The summed E-state index contributed by atoms with van der Waals surface area (Å²) in [5.41, 5.74) is 0.928. The molecule has 0 bridgehead atoms. The molecule has 2 rings (SSSR count). The Hall–Kier alpha value is -2.75. The number of carboxylic acids is 1. The molecule has 0 saturated carbocycles. The highest BCUT2D eigenvalue weighted by atomic mass is 16.4. The summed E-state index contributed by atoms with van der Waals surface area (Å²) in [6.07, 6.45) is 1.87. The second kappa shape index (κ2) is 5.93. The van der Waals surface area contributed by atoms with E-state index in [0.29, 0.717) is 23.6 Å². The van der Waals surface area contributed by atoms with Crippen molar-refractivity contribution in [3.63, 3.8) is 0 Å². The van der Waals surface area contributed by atoms with Crippen LogP contribution in [0.25, 0.3) is 11.6 Å². The molecule has 2 aromatic heterocycles. The molecule has 0 radical (unpaired) electrons. The number of rotatable bonds is 5. The van der Waals surface area contributed by atoms with Crippen molar-refractivity contribution in [3.8, 4) is 17.7 Å². The average molecular weight is 272 g/mol. The molecule has 0 saturated heterocycles. The Morgan fingerprint density at radius 1 is 1.50 bits per heavy atom. The molecule has 0 aromatic carbocycles. The van der Waals surface area contributed by atoms with Crippen LogP contribution >= 0.6 is 0 Å². The molecular weight excluding hydrogens is 260 g/mol. The van der Waals surface area contributed by atoms with E-state index in [4.69, 9.17) is 14.8 Å². The lowest BCUT2D eigenvalue weighted by Gasteiger charge is -2.03. The molecule has 0 spiro atoms. The van der Waals surface area contributed by atoms with E-state index in [2.05, 4.69) is 15.2 Å².